The Balaban J connectivity index is 1.62. The normalized spacial score (nSPS) is 27.9. The summed E-state index contributed by atoms with van der Waals surface area (Å²) in [4.78, 5) is 5.28. The van der Waals surface area contributed by atoms with Crippen LogP contribution in [0, 0.1) is 5.92 Å². The van der Waals surface area contributed by atoms with E-state index in [1.807, 2.05) is 0 Å². The molecule has 2 heterocycles. The van der Waals surface area contributed by atoms with Gasteiger partial charge in [0.25, 0.3) is 0 Å². The predicted octanol–water partition coefficient (Wildman–Crippen LogP) is 1.81. The van der Waals surface area contributed by atoms with Gasteiger partial charge in [-0.05, 0) is 45.2 Å². The van der Waals surface area contributed by atoms with Gasteiger partial charge in [-0.1, -0.05) is 6.92 Å². The molecule has 0 saturated carbocycles. The van der Waals surface area contributed by atoms with E-state index in [1.54, 1.807) is 0 Å². The van der Waals surface area contributed by atoms with Gasteiger partial charge in [-0.3, -0.25) is 4.90 Å². The first-order valence-corrected chi connectivity index (χ1v) is 6.26. The molecule has 2 heteroatoms. The maximum atomic E-state index is 2.65. The Morgan fingerprint density at radius 2 is 1.86 bits per heavy atom. The Kier molecular flexibility index (Phi) is 3.45. The van der Waals surface area contributed by atoms with Gasteiger partial charge in [0.2, 0.25) is 0 Å². The molecule has 14 heavy (non-hydrogen) atoms. The van der Waals surface area contributed by atoms with Crippen LogP contribution in [-0.4, -0.2) is 48.6 Å². The highest BCUT2D eigenvalue weighted by molar-refractivity contribution is 4.85. The van der Waals surface area contributed by atoms with Gasteiger partial charge in [0, 0.05) is 25.7 Å². The average molecular weight is 196 g/mol. The van der Waals surface area contributed by atoms with Gasteiger partial charge in [-0.15, -0.1) is 0 Å². The van der Waals surface area contributed by atoms with E-state index < -0.39 is 0 Å². The summed E-state index contributed by atoms with van der Waals surface area (Å²) >= 11 is 0. The Labute approximate surface area is 88.3 Å². The molecule has 2 aliphatic rings. The number of hydrogen-bond acceptors (Lipinski definition) is 2. The molecule has 2 saturated heterocycles. The molecule has 0 amide bonds. The van der Waals surface area contributed by atoms with Gasteiger partial charge in [0.1, 0.15) is 0 Å². The second-order valence-electron chi connectivity index (χ2n) is 5.08. The highest BCUT2D eigenvalue weighted by atomic mass is 15.2. The molecule has 0 aromatic heterocycles. The fourth-order valence-electron chi connectivity index (χ4n) is 2.67. The minimum Gasteiger partial charge on any atom is -0.303 e. The number of rotatable bonds is 4. The highest BCUT2D eigenvalue weighted by Crippen LogP contribution is 2.22. The third-order valence-electron chi connectivity index (χ3n) is 3.91. The van der Waals surface area contributed by atoms with Crippen LogP contribution in [0.1, 0.15) is 33.1 Å². The van der Waals surface area contributed by atoms with Crippen molar-refractivity contribution in [3.8, 4) is 0 Å². The van der Waals surface area contributed by atoms with Gasteiger partial charge < -0.3 is 4.90 Å². The zero-order chi connectivity index (χ0) is 9.97. The van der Waals surface area contributed by atoms with Crippen molar-refractivity contribution in [1.29, 1.82) is 0 Å². The molecule has 2 nitrogen and oxygen atoms in total. The molecule has 0 radical (unpaired) electrons. The van der Waals surface area contributed by atoms with E-state index in [9.17, 15) is 0 Å². The van der Waals surface area contributed by atoms with Crippen molar-refractivity contribution in [2.45, 2.75) is 39.2 Å². The topological polar surface area (TPSA) is 6.48 Å². The second kappa shape index (κ2) is 4.63. The molecule has 0 spiro atoms. The SMILES string of the molecule is CCC(C)N1CC(CN2CCCC2)C1. The van der Waals surface area contributed by atoms with Crippen LogP contribution < -0.4 is 0 Å². The van der Waals surface area contributed by atoms with Crippen LogP contribution in [0.3, 0.4) is 0 Å². The van der Waals surface area contributed by atoms with Gasteiger partial charge in [-0.25, -0.2) is 0 Å². The van der Waals surface area contributed by atoms with E-state index in [0.717, 1.165) is 12.0 Å². The van der Waals surface area contributed by atoms with Crippen LogP contribution in [0.2, 0.25) is 0 Å². The first-order valence-electron chi connectivity index (χ1n) is 6.26. The summed E-state index contributed by atoms with van der Waals surface area (Å²) in [6, 6.07) is 0.810. The summed E-state index contributed by atoms with van der Waals surface area (Å²) in [5.74, 6) is 0.974. The van der Waals surface area contributed by atoms with Crippen LogP contribution in [0.15, 0.2) is 0 Å². The van der Waals surface area contributed by atoms with Crippen molar-refractivity contribution < 1.29 is 0 Å². The fourth-order valence-corrected chi connectivity index (χ4v) is 2.67. The molecule has 1 atom stereocenters. The molecule has 0 N–H and O–H groups in total. The molecule has 2 rings (SSSR count). The van der Waals surface area contributed by atoms with Crippen molar-refractivity contribution in [2.75, 3.05) is 32.7 Å². The number of nitrogens with zero attached hydrogens (tertiary/aromatic N) is 2. The highest BCUT2D eigenvalue weighted by Gasteiger charge is 2.31. The maximum Gasteiger partial charge on any atom is 0.00645 e. The quantitative estimate of drug-likeness (QED) is 0.676. The molecule has 0 aliphatic carbocycles. The minimum absolute atomic E-state index is 0.810. The predicted molar refractivity (Wildman–Crippen MR) is 60.5 cm³/mol. The summed E-state index contributed by atoms with van der Waals surface area (Å²) in [5, 5.41) is 0. The average Bonchev–Trinajstić information content (AvgIpc) is 2.61. The van der Waals surface area contributed by atoms with E-state index in [4.69, 9.17) is 0 Å². The molecule has 0 aromatic rings. The van der Waals surface area contributed by atoms with Crippen LogP contribution in [0.4, 0.5) is 0 Å². The fraction of sp³-hybridized carbons (Fsp3) is 1.00. The number of likely N-dealkylation sites (tertiary alicyclic amines) is 2. The third kappa shape index (κ3) is 2.29. The van der Waals surface area contributed by atoms with Crippen molar-refractivity contribution in [3.63, 3.8) is 0 Å². The lowest BCUT2D eigenvalue weighted by atomic mass is 9.96. The number of hydrogen-bond donors (Lipinski definition) is 0. The lowest BCUT2D eigenvalue weighted by Gasteiger charge is -2.44. The Bertz CT molecular complexity index is 169. The van der Waals surface area contributed by atoms with Gasteiger partial charge >= 0.3 is 0 Å². The van der Waals surface area contributed by atoms with Gasteiger partial charge in [0.05, 0.1) is 0 Å². The Morgan fingerprint density at radius 1 is 1.21 bits per heavy atom. The Hall–Kier alpha value is -0.0800. The van der Waals surface area contributed by atoms with Gasteiger partial charge in [0.15, 0.2) is 0 Å². The van der Waals surface area contributed by atoms with E-state index in [0.29, 0.717) is 0 Å². The first kappa shape index (κ1) is 10.4. The lowest BCUT2D eigenvalue weighted by molar-refractivity contribution is 0.0396. The van der Waals surface area contributed by atoms with E-state index in [-0.39, 0.29) is 0 Å². The van der Waals surface area contributed by atoms with Crippen LogP contribution in [0.25, 0.3) is 0 Å². The largest absolute Gasteiger partial charge is 0.303 e. The standard InChI is InChI=1S/C12H24N2/c1-3-11(2)14-9-12(10-14)8-13-6-4-5-7-13/h11-12H,3-10H2,1-2H3. The van der Waals surface area contributed by atoms with Crippen LogP contribution in [0.5, 0.6) is 0 Å². The van der Waals surface area contributed by atoms with E-state index >= 15 is 0 Å². The molecular weight excluding hydrogens is 172 g/mol. The van der Waals surface area contributed by atoms with Crippen LogP contribution in [-0.2, 0) is 0 Å². The maximum absolute atomic E-state index is 2.65. The zero-order valence-corrected chi connectivity index (χ0v) is 9.71. The second-order valence-corrected chi connectivity index (χ2v) is 5.08. The van der Waals surface area contributed by atoms with Crippen LogP contribution >= 0.6 is 0 Å². The first-order chi connectivity index (χ1) is 6.79. The Morgan fingerprint density at radius 3 is 2.43 bits per heavy atom. The summed E-state index contributed by atoms with van der Waals surface area (Å²) in [7, 11) is 0. The third-order valence-corrected chi connectivity index (χ3v) is 3.91. The molecule has 0 bridgehead atoms. The van der Waals surface area contributed by atoms with Gasteiger partial charge in [-0.2, -0.15) is 0 Å². The van der Waals surface area contributed by atoms with Crippen molar-refractivity contribution in [3.05, 3.63) is 0 Å². The summed E-state index contributed by atoms with van der Waals surface area (Å²) < 4.78 is 0. The summed E-state index contributed by atoms with van der Waals surface area (Å²) in [6.45, 7) is 11.4. The van der Waals surface area contributed by atoms with E-state index in [2.05, 4.69) is 23.6 Å². The van der Waals surface area contributed by atoms with Crippen molar-refractivity contribution in [1.82, 2.24) is 9.80 Å². The summed E-state index contributed by atoms with van der Waals surface area (Å²) in [5.41, 5.74) is 0. The molecular formula is C12H24N2. The molecule has 2 fully saturated rings. The monoisotopic (exact) mass is 196 g/mol. The van der Waals surface area contributed by atoms with Crippen molar-refractivity contribution >= 4 is 0 Å². The molecule has 82 valence electrons. The zero-order valence-electron chi connectivity index (χ0n) is 9.71. The molecule has 2 aliphatic heterocycles. The smallest absolute Gasteiger partial charge is 0.00645 e. The van der Waals surface area contributed by atoms with Crippen molar-refractivity contribution in [2.24, 2.45) is 5.92 Å². The van der Waals surface area contributed by atoms with E-state index in [1.165, 1.54) is 52.0 Å². The molecule has 1 unspecified atom stereocenters. The lowest BCUT2D eigenvalue weighted by Crippen LogP contribution is -2.54. The summed E-state index contributed by atoms with van der Waals surface area (Å²) in [6.07, 6.45) is 4.17. The minimum atomic E-state index is 0.810. The molecule has 0 aromatic carbocycles.